The third-order valence-corrected chi connectivity index (χ3v) is 6.19. The average molecular weight is 460 g/mol. The predicted molar refractivity (Wildman–Crippen MR) is 128 cm³/mol. The van der Waals surface area contributed by atoms with Crippen molar-refractivity contribution in [2.24, 2.45) is 0 Å². The second kappa shape index (κ2) is 8.30. The number of aromatic amines is 1. The van der Waals surface area contributed by atoms with E-state index in [1.165, 1.54) is 0 Å². The number of amides is 1. The third-order valence-electron chi connectivity index (χ3n) is 5.93. The lowest BCUT2D eigenvalue weighted by Crippen LogP contribution is -2.29. The summed E-state index contributed by atoms with van der Waals surface area (Å²) in [6.45, 7) is 2.02. The van der Waals surface area contributed by atoms with Gasteiger partial charge < -0.3 is 9.47 Å². The van der Waals surface area contributed by atoms with Crippen LogP contribution in [0.4, 0.5) is 5.69 Å². The first kappa shape index (κ1) is 21.1. The molecule has 0 fully saturated rings. The molecule has 7 heteroatoms. The molecule has 0 saturated carbocycles. The summed E-state index contributed by atoms with van der Waals surface area (Å²) in [5.41, 5.74) is 5.57. The molecule has 4 aromatic rings. The van der Waals surface area contributed by atoms with E-state index < -0.39 is 6.04 Å². The number of hydrogen-bond acceptors (Lipinski definition) is 4. The van der Waals surface area contributed by atoms with Crippen molar-refractivity contribution in [3.63, 3.8) is 0 Å². The summed E-state index contributed by atoms with van der Waals surface area (Å²) in [5, 5.41) is 8.13. The highest BCUT2D eigenvalue weighted by atomic mass is 35.5. The molecule has 0 bridgehead atoms. The van der Waals surface area contributed by atoms with Crippen molar-refractivity contribution < 1.29 is 14.3 Å². The van der Waals surface area contributed by atoms with Crippen LogP contribution in [0.15, 0.2) is 66.7 Å². The topological polar surface area (TPSA) is 67.5 Å². The fourth-order valence-electron chi connectivity index (χ4n) is 4.29. The fourth-order valence-corrected chi connectivity index (χ4v) is 4.41. The van der Waals surface area contributed by atoms with Crippen LogP contribution in [-0.2, 0) is 0 Å². The number of benzene rings is 3. The molecule has 166 valence electrons. The maximum atomic E-state index is 13.7. The second-order valence-electron chi connectivity index (χ2n) is 7.89. The molecule has 2 heterocycles. The molecule has 0 aliphatic carbocycles. The first-order valence-corrected chi connectivity index (χ1v) is 10.9. The number of ether oxygens (including phenoxy) is 2. The summed E-state index contributed by atoms with van der Waals surface area (Å²) in [6.07, 6.45) is 0. The van der Waals surface area contributed by atoms with Crippen LogP contribution in [0, 0.1) is 6.92 Å². The van der Waals surface area contributed by atoms with Gasteiger partial charge in [0.1, 0.15) is 17.2 Å². The molecule has 1 atom stereocenters. The Morgan fingerprint density at radius 2 is 1.70 bits per heavy atom. The van der Waals surface area contributed by atoms with Crippen LogP contribution in [0.1, 0.15) is 33.2 Å². The van der Waals surface area contributed by atoms with Crippen molar-refractivity contribution in [3.05, 3.63) is 94.1 Å². The van der Waals surface area contributed by atoms with Gasteiger partial charge in [-0.3, -0.25) is 14.8 Å². The normalized spacial score (nSPS) is 15.0. The van der Waals surface area contributed by atoms with Gasteiger partial charge >= 0.3 is 0 Å². The summed E-state index contributed by atoms with van der Waals surface area (Å²) >= 11 is 6.10. The highest BCUT2D eigenvalue weighted by molar-refractivity contribution is 6.30. The molecule has 1 aromatic heterocycles. The molecule has 1 amide bonds. The zero-order valence-electron chi connectivity index (χ0n) is 18.4. The van der Waals surface area contributed by atoms with Crippen LogP contribution in [0.25, 0.3) is 11.3 Å². The summed E-state index contributed by atoms with van der Waals surface area (Å²) in [6, 6.07) is 20.5. The van der Waals surface area contributed by atoms with Crippen molar-refractivity contribution in [3.8, 4) is 22.8 Å². The zero-order chi connectivity index (χ0) is 23.1. The van der Waals surface area contributed by atoms with E-state index in [1.54, 1.807) is 19.1 Å². The van der Waals surface area contributed by atoms with E-state index in [4.69, 9.17) is 21.1 Å². The van der Waals surface area contributed by atoms with Gasteiger partial charge in [0, 0.05) is 33.5 Å². The first-order valence-electron chi connectivity index (χ1n) is 10.5. The summed E-state index contributed by atoms with van der Waals surface area (Å²) in [5.74, 6) is 1.15. The van der Waals surface area contributed by atoms with Gasteiger partial charge in [0.05, 0.1) is 26.0 Å². The van der Waals surface area contributed by atoms with E-state index in [9.17, 15) is 4.79 Å². The molecule has 33 heavy (non-hydrogen) atoms. The van der Waals surface area contributed by atoms with Crippen LogP contribution in [0.3, 0.4) is 0 Å². The summed E-state index contributed by atoms with van der Waals surface area (Å²) in [4.78, 5) is 15.4. The van der Waals surface area contributed by atoms with Crippen molar-refractivity contribution in [2.45, 2.75) is 13.0 Å². The number of H-pyrrole nitrogens is 1. The largest absolute Gasteiger partial charge is 0.497 e. The average Bonchev–Trinajstić information content (AvgIpc) is 3.39. The van der Waals surface area contributed by atoms with Crippen LogP contribution < -0.4 is 14.4 Å². The molecule has 1 aliphatic rings. The Labute approximate surface area is 196 Å². The standard InChI is InChI=1S/C26H22ClN3O3/c1-15-4-10-18(11-5-15)30-25(20-13-12-19(32-2)14-21(20)33-3)22-23(28-29-24(22)26(30)31)16-6-8-17(27)9-7-16/h4-14,25H,1-3H3,(H,28,29)/t25-/m1/s1. The summed E-state index contributed by atoms with van der Waals surface area (Å²) < 4.78 is 11.1. The van der Waals surface area contributed by atoms with Gasteiger partial charge in [-0.05, 0) is 43.3 Å². The minimum atomic E-state index is -0.444. The second-order valence-corrected chi connectivity index (χ2v) is 8.33. The fraction of sp³-hybridized carbons (Fsp3) is 0.154. The van der Waals surface area contributed by atoms with Gasteiger partial charge in [-0.15, -0.1) is 0 Å². The number of carbonyl (C=O) groups is 1. The monoisotopic (exact) mass is 459 g/mol. The quantitative estimate of drug-likeness (QED) is 0.409. The zero-order valence-corrected chi connectivity index (χ0v) is 19.2. The Hall–Kier alpha value is -3.77. The lowest BCUT2D eigenvalue weighted by atomic mass is 9.95. The first-order chi connectivity index (χ1) is 16.0. The van der Waals surface area contributed by atoms with Crippen molar-refractivity contribution in [1.82, 2.24) is 10.2 Å². The van der Waals surface area contributed by atoms with E-state index in [2.05, 4.69) is 10.2 Å². The highest BCUT2D eigenvalue weighted by Crippen LogP contribution is 2.47. The van der Waals surface area contributed by atoms with E-state index in [0.717, 1.165) is 27.9 Å². The van der Waals surface area contributed by atoms with Crippen molar-refractivity contribution in [1.29, 1.82) is 0 Å². The Morgan fingerprint density at radius 1 is 0.970 bits per heavy atom. The molecule has 1 N–H and O–H groups in total. The maximum absolute atomic E-state index is 13.7. The molecule has 0 spiro atoms. The number of fused-ring (bicyclic) bond motifs is 1. The third kappa shape index (κ3) is 3.52. The number of nitrogens with one attached hydrogen (secondary N) is 1. The van der Waals surface area contributed by atoms with E-state index in [1.807, 2.05) is 73.7 Å². The number of hydrogen-bond donors (Lipinski definition) is 1. The Morgan fingerprint density at radius 3 is 2.36 bits per heavy atom. The SMILES string of the molecule is COc1ccc([C@@H]2c3c(-c4ccc(Cl)cc4)n[nH]c3C(=O)N2c2ccc(C)cc2)c(OC)c1. The molecule has 0 radical (unpaired) electrons. The molecule has 5 rings (SSSR count). The lowest BCUT2D eigenvalue weighted by molar-refractivity contribution is 0.0988. The van der Waals surface area contributed by atoms with E-state index >= 15 is 0 Å². The maximum Gasteiger partial charge on any atom is 0.277 e. The van der Waals surface area contributed by atoms with E-state index in [0.29, 0.717) is 27.9 Å². The molecule has 3 aromatic carbocycles. The predicted octanol–water partition coefficient (Wildman–Crippen LogP) is 5.81. The van der Waals surface area contributed by atoms with Gasteiger partial charge in [0.25, 0.3) is 5.91 Å². The number of anilines is 1. The van der Waals surface area contributed by atoms with Crippen LogP contribution in [-0.4, -0.2) is 30.3 Å². The van der Waals surface area contributed by atoms with Crippen LogP contribution >= 0.6 is 11.6 Å². The number of aryl methyl sites for hydroxylation is 1. The number of nitrogens with zero attached hydrogens (tertiary/aromatic N) is 2. The minimum Gasteiger partial charge on any atom is -0.497 e. The van der Waals surface area contributed by atoms with Crippen LogP contribution in [0.5, 0.6) is 11.5 Å². The van der Waals surface area contributed by atoms with Crippen molar-refractivity contribution in [2.75, 3.05) is 19.1 Å². The molecule has 0 unspecified atom stereocenters. The molecule has 0 saturated heterocycles. The number of aromatic nitrogens is 2. The Bertz CT molecular complexity index is 1330. The minimum absolute atomic E-state index is 0.149. The van der Waals surface area contributed by atoms with Gasteiger partial charge in [-0.25, -0.2) is 0 Å². The van der Waals surface area contributed by atoms with Gasteiger partial charge in [0.15, 0.2) is 0 Å². The van der Waals surface area contributed by atoms with Crippen molar-refractivity contribution >= 4 is 23.2 Å². The van der Waals surface area contributed by atoms with Gasteiger partial charge in [-0.1, -0.05) is 41.4 Å². The lowest BCUT2D eigenvalue weighted by Gasteiger charge is -2.28. The molecule has 1 aliphatic heterocycles. The number of carbonyl (C=O) groups excluding carboxylic acids is 1. The van der Waals surface area contributed by atoms with Crippen LogP contribution in [0.2, 0.25) is 5.02 Å². The van der Waals surface area contributed by atoms with Gasteiger partial charge in [0.2, 0.25) is 0 Å². The molecule has 6 nitrogen and oxygen atoms in total. The Balaban J connectivity index is 1.74. The number of rotatable bonds is 5. The van der Waals surface area contributed by atoms with E-state index in [-0.39, 0.29) is 5.91 Å². The summed E-state index contributed by atoms with van der Waals surface area (Å²) in [7, 11) is 3.22. The number of halogens is 1. The smallest absolute Gasteiger partial charge is 0.277 e. The van der Waals surface area contributed by atoms with Gasteiger partial charge in [-0.2, -0.15) is 5.10 Å². The Kier molecular flexibility index (Phi) is 5.30. The number of methoxy groups -OCH3 is 2. The molecular formula is C26H22ClN3O3. The molecular weight excluding hydrogens is 438 g/mol. The highest BCUT2D eigenvalue weighted by Gasteiger charge is 2.44.